The number of aromatic nitrogens is 2. The van der Waals surface area contributed by atoms with Crippen molar-refractivity contribution in [3.05, 3.63) is 76.2 Å². The van der Waals surface area contributed by atoms with Gasteiger partial charge < -0.3 is 11.1 Å². The van der Waals surface area contributed by atoms with Crippen LogP contribution in [0.15, 0.2) is 42.9 Å². The topological polar surface area (TPSA) is 63.8 Å². The Morgan fingerprint density at radius 1 is 1.12 bits per heavy atom. The van der Waals surface area contributed by atoms with E-state index in [0.29, 0.717) is 16.3 Å². The molecule has 0 saturated heterocycles. The Morgan fingerprint density at radius 2 is 1.88 bits per heavy atom. The van der Waals surface area contributed by atoms with Crippen LogP contribution in [0, 0.1) is 18.6 Å². The maximum atomic E-state index is 14.3. The molecule has 1 unspecified atom stereocenters. The van der Waals surface area contributed by atoms with E-state index in [-0.39, 0.29) is 17.4 Å². The number of rotatable bonds is 4. The Kier molecular flexibility index (Phi) is 5.04. The minimum atomic E-state index is -0.540. The molecule has 1 aromatic carbocycles. The Hall–Kier alpha value is -2.73. The summed E-state index contributed by atoms with van der Waals surface area (Å²) in [6.07, 6.45) is 4.73. The summed E-state index contributed by atoms with van der Waals surface area (Å²) in [6.45, 7) is 3.72. The largest absolute Gasteiger partial charge is 0.381 e. The van der Waals surface area contributed by atoms with Crippen LogP contribution in [0.1, 0.15) is 29.5 Å². The molecule has 2 heterocycles. The van der Waals surface area contributed by atoms with E-state index in [4.69, 9.17) is 17.3 Å². The third-order valence-corrected chi connectivity index (χ3v) is 4.57. The molecule has 4 nitrogen and oxygen atoms in total. The SMILES string of the molecule is Cc1c(Nc2ccc(Cl)cc2F)cncc1C(C)c1ccnc(N)c1F. The number of hydrogen-bond donors (Lipinski definition) is 2. The Balaban J connectivity index is 1.98. The number of nitrogens with zero attached hydrogens (tertiary/aromatic N) is 2. The third kappa shape index (κ3) is 3.46. The lowest BCUT2D eigenvalue weighted by molar-refractivity contribution is 0.602. The lowest BCUT2D eigenvalue weighted by atomic mass is 9.91. The monoisotopic (exact) mass is 374 g/mol. The van der Waals surface area contributed by atoms with E-state index in [1.807, 2.05) is 13.8 Å². The summed E-state index contributed by atoms with van der Waals surface area (Å²) in [7, 11) is 0. The van der Waals surface area contributed by atoms with Gasteiger partial charge in [-0.1, -0.05) is 18.5 Å². The van der Waals surface area contributed by atoms with Crippen molar-refractivity contribution in [3.63, 3.8) is 0 Å². The molecule has 2 aromatic heterocycles. The Morgan fingerprint density at radius 3 is 2.62 bits per heavy atom. The first-order valence-electron chi connectivity index (χ1n) is 7.95. The highest BCUT2D eigenvalue weighted by Crippen LogP contribution is 2.33. The normalized spacial score (nSPS) is 12.0. The molecule has 3 rings (SSSR count). The summed E-state index contributed by atoms with van der Waals surface area (Å²) < 4.78 is 28.4. The number of nitrogen functional groups attached to an aromatic ring is 1. The minimum Gasteiger partial charge on any atom is -0.381 e. The summed E-state index contributed by atoms with van der Waals surface area (Å²) in [5.41, 5.74) is 8.53. The maximum Gasteiger partial charge on any atom is 0.169 e. The van der Waals surface area contributed by atoms with Gasteiger partial charge in [-0.2, -0.15) is 0 Å². The van der Waals surface area contributed by atoms with Crippen molar-refractivity contribution in [1.29, 1.82) is 0 Å². The first-order chi connectivity index (χ1) is 12.4. The fraction of sp³-hybridized carbons (Fsp3) is 0.158. The van der Waals surface area contributed by atoms with Gasteiger partial charge in [-0.25, -0.2) is 13.8 Å². The van der Waals surface area contributed by atoms with Crippen molar-refractivity contribution < 1.29 is 8.78 Å². The molecule has 0 radical (unpaired) electrons. The Bertz CT molecular complexity index is 962. The van der Waals surface area contributed by atoms with Gasteiger partial charge in [0.05, 0.1) is 17.6 Å². The van der Waals surface area contributed by atoms with Gasteiger partial charge in [0.2, 0.25) is 0 Å². The molecule has 0 amide bonds. The highest BCUT2D eigenvalue weighted by molar-refractivity contribution is 6.30. The summed E-state index contributed by atoms with van der Waals surface area (Å²) >= 11 is 5.78. The zero-order chi connectivity index (χ0) is 18.8. The molecule has 134 valence electrons. The van der Waals surface area contributed by atoms with E-state index in [0.717, 1.165) is 11.1 Å². The molecule has 0 aliphatic rings. The summed E-state index contributed by atoms with van der Waals surface area (Å²) in [5.74, 6) is -1.45. The highest BCUT2D eigenvalue weighted by Gasteiger charge is 2.19. The van der Waals surface area contributed by atoms with Crippen LogP contribution in [0.3, 0.4) is 0 Å². The summed E-state index contributed by atoms with van der Waals surface area (Å²) in [5, 5.41) is 3.33. The van der Waals surface area contributed by atoms with Gasteiger partial charge >= 0.3 is 0 Å². The molecule has 0 spiro atoms. The summed E-state index contributed by atoms with van der Waals surface area (Å²) in [4.78, 5) is 7.96. The second kappa shape index (κ2) is 7.25. The smallest absolute Gasteiger partial charge is 0.169 e. The third-order valence-electron chi connectivity index (χ3n) is 4.33. The molecular formula is C19H17ClF2N4. The van der Waals surface area contributed by atoms with Gasteiger partial charge in [-0.3, -0.25) is 4.98 Å². The van der Waals surface area contributed by atoms with Crippen molar-refractivity contribution in [3.8, 4) is 0 Å². The molecule has 7 heteroatoms. The van der Waals surface area contributed by atoms with E-state index in [1.165, 1.54) is 12.3 Å². The number of anilines is 3. The van der Waals surface area contributed by atoms with Crippen LogP contribution in [-0.2, 0) is 0 Å². The van der Waals surface area contributed by atoms with Crippen LogP contribution in [0.2, 0.25) is 5.02 Å². The minimum absolute atomic E-state index is 0.141. The van der Waals surface area contributed by atoms with Crippen molar-refractivity contribution in [1.82, 2.24) is 9.97 Å². The van der Waals surface area contributed by atoms with Crippen molar-refractivity contribution in [2.24, 2.45) is 0 Å². The average Bonchev–Trinajstić information content (AvgIpc) is 2.61. The van der Waals surface area contributed by atoms with Crippen LogP contribution in [0.5, 0.6) is 0 Å². The van der Waals surface area contributed by atoms with Gasteiger partial charge in [0.25, 0.3) is 0 Å². The van der Waals surface area contributed by atoms with Crippen LogP contribution in [-0.4, -0.2) is 9.97 Å². The van der Waals surface area contributed by atoms with Crippen molar-refractivity contribution in [2.75, 3.05) is 11.1 Å². The zero-order valence-corrected chi connectivity index (χ0v) is 15.0. The Labute approximate surface area is 155 Å². The van der Waals surface area contributed by atoms with Gasteiger partial charge in [-0.15, -0.1) is 0 Å². The van der Waals surface area contributed by atoms with E-state index in [2.05, 4.69) is 15.3 Å². The highest BCUT2D eigenvalue weighted by atomic mass is 35.5. The molecular weight excluding hydrogens is 358 g/mol. The lowest BCUT2D eigenvalue weighted by Gasteiger charge is -2.19. The predicted octanol–water partition coefficient (Wildman–Crippen LogP) is 5.19. The second-order valence-electron chi connectivity index (χ2n) is 5.97. The average molecular weight is 375 g/mol. The molecule has 0 saturated carbocycles. The van der Waals surface area contributed by atoms with E-state index in [1.54, 1.807) is 30.6 Å². The first kappa shape index (κ1) is 18.1. The predicted molar refractivity (Wildman–Crippen MR) is 99.8 cm³/mol. The molecule has 1 atom stereocenters. The zero-order valence-electron chi connectivity index (χ0n) is 14.2. The van der Waals surface area contributed by atoms with E-state index in [9.17, 15) is 8.78 Å². The number of benzene rings is 1. The number of nitrogens with one attached hydrogen (secondary N) is 1. The van der Waals surface area contributed by atoms with E-state index < -0.39 is 11.6 Å². The number of halogens is 3. The van der Waals surface area contributed by atoms with Crippen LogP contribution >= 0.6 is 11.6 Å². The number of nitrogens with two attached hydrogens (primary N) is 1. The number of pyridine rings is 2. The van der Waals surface area contributed by atoms with Gasteiger partial charge in [0, 0.05) is 28.9 Å². The van der Waals surface area contributed by atoms with Crippen LogP contribution in [0.25, 0.3) is 0 Å². The first-order valence-corrected chi connectivity index (χ1v) is 8.32. The van der Waals surface area contributed by atoms with Gasteiger partial charge in [-0.05, 0) is 42.3 Å². The summed E-state index contributed by atoms with van der Waals surface area (Å²) in [6, 6.07) is 5.97. The molecule has 3 N–H and O–H groups in total. The van der Waals surface area contributed by atoms with Crippen molar-refractivity contribution >= 4 is 28.8 Å². The molecule has 3 aromatic rings. The lowest BCUT2D eigenvalue weighted by Crippen LogP contribution is -2.07. The fourth-order valence-electron chi connectivity index (χ4n) is 2.82. The number of hydrogen-bond acceptors (Lipinski definition) is 4. The molecule has 26 heavy (non-hydrogen) atoms. The van der Waals surface area contributed by atoms with E-state index >= 15 is 0 Å². The standard InChI is InChI=1S/C19H17ClF2N4/c1-10(13-5-6-25-19(23)18(13)22)14-8-24-9-17(11(14)2)26-16-4-3-12(20)7-15(16)21/h3-10,26H,1-2H3,(H2,23,25). The van der Waals surface area contributed by atoms with Gasteiger partial charge in [0.1, 0.15) is 5.82 Å². The van der Waals surface area contributed by atoms with Crippen molar-refractivity contribution in [2.45, 2.75) is 19.8 Å². The van der Waals surface area contributed by atoms with Crippen LogP contribution < -0.4 is 11.1 Å². The maximum absolute atomic E-state index is 14.3. The van der Waals surface area contributed by atoms with Crippen LogP contribution in [0.4, 0.5) is 26.0 Å². The molecule has 0 fully saturated rings. The van der Waals surface area contributed by atoms with Gasteiger partial charge in [0.15, 0.2) is 11.6 Å². The second-order valence-corrected chi connectivity index (χ2v) is 6.41. The molecule has 0 aliphatic carbocycles. The molecule has 0 bridgehead atoms. The quantitative estimate of drug-likeness (QED) is 0.659. The fourth-order valence-corrected chi connectivity index (χ4v) is 2.98. The molecule has 0 aliphatic heterocycles.